The summed E-state index contributed by atoms with van der Waals surface area (Å²) in [5, 5.41) is 0. The number of imidazole rings is 1. The second kappa shape index (κ2) is 8.52. The van der Waals surface area contributed by atoms with Gasteiger partial charge in [0.25, 0.3) is 0 Å². The molecule has 0 saturated heterocycles. The lowest BCUT2D eigenvalue weighted by atomic mass is 9.95. The Morgan fingerprint density at radius 2 is 2.04 bits per heavy atom. The summed E-state index contributed by atoms with van der Waals surface area (Å²) in [6.45, 7) is 3.92. The van der Waals surface area contributed by atoms with E-state index in [0.29, 0.717) is 18.6 Å². The highest BCUT2D eigenvalue weighted by Crippen LogP contribution is 2.32. The fourth-order valence-corrected chi connectivity index (χ4v) is 4.84. The molecule has 3 rings (SSSR count). The fourth-order valence-electron chi connectivity index (χ4n) is 3.38. The molecular weight excluding hydrogens is 362 g/mol. The average Bonchev–Trinajstić information content (AvgIpc) is 3.17. The predicted molar refractivity (Wildman–Crippen MR) is 106 cm³/mol. The Kier molecular flexibility index (Phi) is 6.11. The molecule has 7 heteroatoms. The lowest BCUT2D eigenvalue weighted by Crippen LogP contribution is -2.18. The van der Waals surface area contributed by atoms with E-state index in [0.717, 1.165) is 39.1 Å². The summed E-state index contributed by atoms with van der Waals surface area (Å²) in [4.78, 5) is 12.8. The smallest absolute Gasteiger partial charge is 0.128 e. The van der Waals surface area contributed by atoms with Crippen LogP contribution in [-0.2, 0) is 27.7 Å². The van der Waals surface area contributed by atoms with E-state index in [1.54, 1.807) is 32.8 Å². The molecule has 1 aliphatic rings. The van der Waals surface area contributed by atoms with Gasteiger partial charge in [0.05, 0.1) is 42.2 Å². The van der Waals surface area contributed by atoms with Crippen molar-refractivity contribution in [3.05, 3.63) is 64.1 Å². The summed E-state index contributed by atoms with van der Waals surface area (Å²) in [6.07, 6.45) is 10.5. The average molecular weight is 388 g/mol. The number of methoxy groups -OCH3 is 2. The molecule has 0 spiro atoms. The minimum Gasteiger partial charge on any atom is -0.501 e. The van der Waals surface area contributed by atoms with Crippen LogP contribution in [0.1, 0.15) is 29.1 Å². The van der Waals surface area contributed by atoms with Crippen LogP contribution in [0.25, 0.3) is 0 Å². The molecular formula is C20H25N3O3S. The SMILES string of the molecule is COC1=CC=C(S(=O)Cc2ncc(C)c(OC)c2C)[C@@H](Cc2ncc[nH]2)C1. The van der Waals surface area contributed by atoms with Crippen molar-refractivity contribution >= 4 is 10.8 Å². The second-order valence-electron chi connectivity index (χ2n) is 6.58. The molecule has 0 aromatic carbocycles. The zero-order valence-corrected chi connectivity index (χ0v) is 16.9. The van der Waals surface area contributed by atoms with Crippen LogP contribution >= 0.6 is 0 Å². The van der Waals surface area contributed by atoms with Gasteiger partial charge < -0.3 is 14.5 Å². The summed E-state index contributed by atoms with van der Waals surface area (Å²) in [5.74, 6) is 3.01. The lowest BCUT2D eigenvalue weighted by Gasteiger charge is -2.23. The second-order valence-corrected chi connectivity index (χ2v) is 8.03. The Morgan fingerprint density at radius 3 is 2.70 bits per heavy atom. The highest BCUT2D eigenvalue weighted by Gasteiger charge is 2.26. The lowest BCUT2D eigenvalue weighted by molar-refractivity contribution is 0.263. The maximum absolute atomic E-state index is 13.2. The maximum Gasteiger partial charge on any atom is 0.128 e. The van der Waals surface area contributed by atoms with Crippen molar-refractivity contribution in [3.63, 3.8) is 0 Å². The van der Waals surface area contributed by atoms with Crippen molar-refractivity contribution in [2.24, 2.45) is 5.92 Å². The third-order valence-electron chi connectivity index (χ3n) is 4.82. The van der Waals surface area contributed by atoms with Gasteiger partial charge in [-0.1, -0.05) is 0 Å². The number of aromatic amines is 1. The largest absolute Gasteiger partial charge is 0.501 e. The molecule has 0 radical (unpaired) electrons. The number of hydrogen-bond acceptors (Lipinski definition) is 5. The molecule has 1 aliphatic carbocycles. The number of rotatable bonds is 7. The topological polar surface area (TPSA) is 77.1 Å². The molecule has 1 unspecified atom stereocenters. The van der Waals surface area contributed by atoms with Gasteiger partial charge in [-0.25, -0.2) is 4.98 Å². The molecule has 2 aromatic rings. The highest BCUT2D eigenvalue weighted by atomic mass is 32.2. The molecule has 144 valence electrons. The standard InChI is InChI=1S/C20H25N3O3S/c1-13-11-23-17(14(2)20(13)26-4)12-27(24)18-6-5-16(25-3)9-15(18)10-19-21-7-8-22-19/h5-8,11,15H,9-10,12H2,1-4H3,(H,21,22)/t15-,27?/m1/s1. The zero-order chi connectivity index (χ0) is 19.4. The maximum atomic E-state index is 13.2. The summed E-state index contributed by atoms with van der Waals surface area (Å²) in [6, 6.07) is 0. The number of ether oxygens (including phenoxy) is 2. The van der Waals surface area contributed by atoms with E-state index >= 15 is 0 Å². The molecule has 6 nitrogen and oxygen atoms in total. The van der Waals surface area contributed by atoms with E-state index in [-0.39, 0.29) is 5.92 Å². The van der Waals surface area contributed by atoms with E-state index < -0.39 is 10.8 Å². The molecule has 0 aliphatic heterocycles. The Labute approximate surface area is 162 Å². The van der Waals surface area contributed by atoms with Gasteiger partial charge in [-0.05, 0) is 26.0 Å². The Balaban J connectivity index is 1.84. The summed E-state index contributed by atoms with van der Waals surface area (Å²) in [7, 11) is 2.12. The number of H-pyrrole nitrogens is 1. The first kappa shape index (κ1) is 19.4. The molecule has 0 saturated carbocycles. The first-order chi connectivity index (χ1) is 13.0. The van der Waals surface area contributed by atoms with Gasteiger partial charge in [0.2, 0.25) is 0 Å². The van der Waals surface area contributed by atoms with Crippen LogP contribution in [0.15, 0.2) is 41.4 Å². The van der Waals surface area contributed by atoms with Crippen LogP contribution < -0.4 is 4.74 Å². The Bertz CT molecular complexity index is 888. The highest BCUT2D eigenvalue weighted by molar-refractivity contribution is 7.88. The predicted octanol–water partition coefficient (Wildman–Crippen LogP) is 3.36. The number of nitrogens with one attached hydrogen (secondary N) is 1. The van der Waals surface area contributed by atoms with Gasteiger partial charge in [0.15, 0.2) is 0 Å². The van der Waals surface area contributed by atoms with Crippen LogP contribution in [0.3, 0.4) is 0 Å². The first-order valence-corrected chi connectivity index (χ1v) is 10.2. The third kappa shape index (κ3) is 4.30. The minimum atomic E-state index is -1.19. The normalized spacial score (nSPS) is 17.9. The quantitative estimate of drug-likeness (QED) is 0.788. The molecule has 27 heavy (non-hydrogen) atoms. The molecule has 0 fully saturated rings. The van der Waals surface area contributed by atoms with Gasteiger partial charge in [-0.15, -0.1) is 0 Å². The minimum absolute atomic E-state index is 0.0737. The molecule has 2 atom stereocenters. The van der Waals surface area contributed by atoms with Gasteiger partial charge in [-0.2, -0.15) is 0 Å². The molecule has 0 bridgehead atoms. The zero-order valence-electron chi connectivity index (χ0n) is 16.1. The number of aryl methyl sites for hydroxylation is 1. The van der Waals surface area contributed by atoms with E-state index in [4.69, 9.17) is 9.47 Å². The van der Waals surface area contributed by atoms with Crippen molar-refractivity contribution in [1.82, 2.24) is 15.0 Å². The third-order valence-corrected chi connectivity index (χ3v) is 6.35. The number of allylic oxidation sites excluding steroid dienone is 4. The van der Waals surface area contributed by atoms with Crippen molar-refractivity contribution in [2.75, 3.05) is 14.2 Å². The summed E-state index contributed by atoms with van der Waals surface area (Å²) < 4.78 is 24.1. The van der Waals surface area contributed by atoms with Gasteiger partial charge in [-0.3, -0.25) is 9.19 Å². The van der Waals surface area contributed by atoms with Gasteiger partial charge >= 0.3 is 0 Å². The van der Waals surface area contributed by atoms with E-state index in [1.165, 1.54) is 0 Å². The van der Waals surface area contributed by atoms with Crippen LogP contribution in [-0.4, -0.2) is 33.4 Å². The monoisotopic (exact) mass is 387 g/mol. The van der Waals surface area contributed by atoms with Crippen LogP contribution in [0.4, 0.5) is 0 Å². The Morgan fingerprint density at radius 1 is 1.22 bits per heavy atom. The number of hydrogen-bond donors (Lipinski definition) is 1. The van der Waals surface area contributed by atoms with Crippen LogP contribution in [0.5, 0.6) is 5.75 Å². The molecule has 2 heterocycles. The van der Waals surface area contributed by atoms with Crippen LogP contribution in [0, 0.1) is 19.8 Å². The number of pyridine rings is 1. The first-order valence-electron chi connectivity index (χ1n) is 8.84. The number of aromatic nitrogens is 3. The van der Waals surface area contributed by atoms with E-state index in [2.05, 4.69) is 15.0 Å². The van der Waals surface area contributed by atoms with Crippen molar-refractivity contribution < 1.29 is 13.7 Å². The summed E-state index contributed by atoms with van der Waals surface area (Å²) >= 11 is 0. The number of nitrogens with zero attached hydrogens (tertiary/aromatic N) is 2. The van der Waals surface area contributed by atoms with Crippen molar-refractivity contribution in [3.8, 4) is 5.75 Å². The van der Waals surface area contributed by atoms with Crippen LogP contribution in [0.2, 0.25) is 0 Å². The molecule has 0 amide bonds. The summed E-state index contributed by atoms with van der Waals surface area (Å²) in [5.41, 5.74) is 2.72. The van der Waals surface area contributed by atoms with E-state index in [1.807, 2.05) is 26.0 Å². The Hall–Kier alpha value is -2.41. The molecule has 2 aromatic heterocycles. The van der Waals surface area contributed by atoms with Crippen molar-refractivity contribution in [1.29, 1.82) is 0 Å². The van der Waals surface area contributed by atoms with E-state index in [9.17, 15) is 4.21 Å². The van der Waals surface area contributed by atoms with Gasteiger partial charge in [0.1, 0.15) is 11.6 Å². The molecule has 1 N–H and O–H groups in total. The van der Waals surface area contributed by atoms with Crippen molar-refractivity contribution in [2.45, 2.75) is 32.4 Å². The fraction of sp³-hybridized carbons (Fsp3) is 0.400. The van der Waals surface area contributed by atoms with Gasteiger partial charge in [0, 0.05) is 53.4 Å².